The molecular weight excluding hydrogens is 573 g/mol. The van der Waals surface area contributed by atoms with Gasteiger partial charge in [0.1, 0.15) is 22.7 Å². The number of nitrogens with zero attached hydrogens (tertiary/aromatic N) is 5. The van der Waals surface area contributed by atoms with Crippen LogP contribution in [0.3, 0.4) is 0 Å². The highest BCUT2D eigenvalue weighted by Crippen LogP contribution is 2.69. The molecule has 0 spiro atoms. The lowest BCUT2D eigenvalue weighted by Gasteiger charge is -2.64. The van der Waals surface area contributed by atoms with Crippen LogP contribution in [0.5, 0.6) is 5.88 Å². The van der Waals surface area contributed by atoms with Gasteiger partial charge in [-0.05, 0) is 88.5 Å². The predicted molar refractivity (Wildman–Crippen MR) is 166 cm³/mol. The number of aromatic nitrogens is 4. The van der Waals surface area contributed by atoms with Gasteiger partial charge >= 0.3 is 0 Å². The number of ether oxygens (including phenoxy) is 1. The summed E-state index contributed by atoms with van der Waals surface area (Å²) in [6, 6.07) is 9.49. The van der Waals surface area contributed by atoms with Gasteiger partial charge in [-0.2, -0.15) is 0 Å². The molecule has 5 aliphatic carbocycles. The minimum Gasteiger partial charge on any atom is -0.482 e. The number of alkyl halides is 1. The van der Waals surface area contributed by atoms with Gasteiger partial charge in [0.2, 0.25) is 5.91 Å². The Morgan fingerprint density at radius 3 is 2.62 bits per heavy atom. The van der Waals surface area contributed by atoms with Gasteiger partial charge in [-0.25, -0.2) is 14.4 Å². The summed E-state index contributed by atoms with van der Waals surface area (Å²) < 4.78 is 24.1. The van der Waals surface area contributed by atoms with E-state index < -0.39 is 11.1 Å². The topological polar surface area (TPSA) is 120 Å². The van der Waals surface area contributed by atoms with E-state index in [0.29, 0.717) is 61.3 Å². The van der Waals surface area contributed by atoms with Crippen molar-refractivity contribution in [2.75, 3.05) is 20.2 Å². The number of halogens is 1. The van der Waals surface area contributed by atoms with E-state index in [1.165, 1.54) is 12.8 Å². The molecule has 4 aromatic heterocycles. The number of pyridine rings is 2. The highest BCUT2D eigenvalue weighted by molar-refractivity contribution is 5.96. The summed E-state index contributed by atoms with van der Waals surface area (Å²) in [4.78, 5) is 38.5. The van der Waals surface area contributed by atoms with Gasteiger partial charge in [0.15, 0.2) is 5.88 Å². The number of nitrogens with one attached hydrogen (secondary N) is 1. The maximum Gasteiger partial charge on any atom is 0.254 e. The molecule has 1 aliphatic heterocycles. The molecule has 11 heteroatoms. The van der Waals surface area contributed by atoms with Crippen LogP contribution in [0.4, 0.5) is 4.39 Å². The zero-order valence-electron chi connectivity index (χ0n) is 25.9. The maximum atomic E-state index is 14.1. The molecule has 6 aliphatic rings. The van der Waals surface area contributed by atoms with Crippen molar-refractivity contribution in [3.05, 3.63) is 47.3 Å². The van der Waals surface area contributed by atoms with Gasteiger partial charge in [-0.1, -0.05) is 0 Å². The molecule has 2 bridgehead atoms. The molecule has 6 fully saturated rings. The zero-order chi connectivity index (χ0) is 31.0. The minimum atomic E-state index is -1.11. The van der Waals surface area contributed by atoms with Crippen LogP contribution in [0.1, 0.15) is 73.2 Å². The first-order valence-corrected chi connectivity index (χ1v) is 16.1. The van der Waals surface area contributed by atoms with E-state index >= 15 is 0 Å². The second-order valence-electron chi connectivity index (χ2n) is 14.7. The van der Waals surface area contributed by atoms with Crippen LogP contribution in [-0.2, 0) is 11.3 Å². The van der Waals surface area contributed by atoms with Gasteiger partial charge in [0, 0.05) is 42.2 Å². The largest absolute Gasteiger partial charge is 0.482 e. The van der Waals surface area contributed by atoms with Gasteiger partial charge < -0.3 is 25.3 Å². The van der Waals surface area contributed by atoms with E-state index in [9.17, 15) is 14.0 Å². The number of methoxy groups -OCH3 is 1. The number of piperidine rings is 1. The number of amides is 2. The summed E-state index contributed by atoms with van der Waals surface area (Å²) in [5.74, 6) is 1.41. The third-order valence-corrected chi connectivity index (χ3v) is 11.3. The molecule has 3 atom stereocenters. The van der Waals surface area contributed by atoms with E-state index in [2.05, 4.69) is 22.0 Å². The molecule has 10 nitrogen and oxygen atoms in total. The molecule has 234 valence electrons. The predicted octanol–water partition coefficient (Wildman–Crippen LogP) is 4.32. The van der Waals surface area contributed by atoms with Crippen molar-refractivity contribution >= 4 is 28.5 Å². The van der Waals surface area contributed by atoms with Crippen LogP contribution in [0, 0.1) is 24.2 Å². The van der Waals surface area contributed by atoms with Crippen molar-refractivity contribution < 1.29 is 18.7 Å². The first kappa shape index (κ1) is 27.3. The Kier molecular flexibility index (Phi) is 5.37. The van der Waals surface area contributed by atoms with E-state index in [1.807, 2.05) is 35.3 Å². The highest BCUT2D eigenvalue weighted by Gasteiger charge is 2.72. The highest BCUT2D eigenvalue weighted by atomic mass is 19.1. The summed E-state index contributed by atoms with van der Waals surface area (Å²) >= 11 is 0. The number of nitrogens with two attached hydrogens (primary N) is 1. The van der Waals surface area contributed by atoms with Crippen LogP contribution in [-0.4, -0.2) is 67.1 Å². The Morgan fingerprint density at radius 2 is 1.96 bits per heavy atom. The van der Waals surface area contributed by atoms with Gasteiger partial charge in [0.05, 0.1) is 35.6 Å². The number of rotatable bonds is 8. The fourth-order valence-corrected chi connectivity index (χ4v) is 8.31. The first-order chi connectivity index (χ1) is 21.5. The molecule has 5 saturated carbocycles. The number of carbonyl (C=O) groups is 2. The van der Waals surface area contributed by atoms with Crippen molar-refractivity contribution in [3.8, 4) is 17.3 Å². The Hall–Kier alpha value is -3.99. The monoisotopic (exact) mass is 611 g/mol. The Labute approximate surface area is 260 Å². The van der Waals surface area contributed by atoms with Gasteiger partial charge in [-0.15, -0.1) is 0 Å². The second-order valence-corrected chi connectivity index (χ2v) is 14.7. The Balaban J connectivity index is 1.07. The van der Waals surface area contributed by atoms with E-state index in [1.54, 1.807) is 13.2 Å². The van der Waals surface area contributed by atoms with Crippen molar-refractivity contribution in [1.29, 1.82) is 0 Å². The second kappa shape index (κ2) is 8.84. The molecule has 4 aromatic rings. The SMILES string of the molecule is COc1cc(C(=O)N2C[C@@H]3C[C@]3(N)C2)cc2nc(-c3cc4ccc([C@@H](C)NC(=O)C56CC(F)(C5)C6)nc4n3CC3CC3)c(C)n12. The molecule has 1 saturated heterocycles. The number of imidazole rings is 1. The molecule has 3 N–H and O–H groups in total. The molecule has 2 amide bonds. The summed E-state index contributed by atoms with van der Waals surface area (Å²) in [5, 5.41) is 4.10. The normalized spacial score (nSPS) is 30.2. The Bertz CT molecular complexity index is 1940. The molecule has 45 heavy (non-hydrogen) atoms. The number of hydrogen-bond donors (Lipinski definition) is 2. The van der Waals surface area contributed by atoms with Crippen LogP contribution >= 0.6 is 0 Å². The van der Waals surface area contributed by atoms with Crippen molar-refractivity contribution in [1.82, 2.24) is 29.2 Å². The quantitative estimate of drug-likeness (QED) is 0.306. The fourth-order valence-electron chi connectivity index (χ4n) is 8.31. The van der Waals surface area contributed by atoms with Gasteiger partial charge in [0.25, 0.3) is 5.91 Å². The van der Waals surface area contributed by atoms with E-state index in [-0.39, 0.29) is 23.4 Å². The smallest absolute Gasteiger partial charge is 0.254 e. The Morgan fingerprint density at radius 1 is 1.18 bits per heavy atom. The fraction of sp³-hybridized carbons (Fsp3) is 0.529. The summed E-state index contributed by atoms with van der Waals surface area (Å²) in [6.07, 6.45) is 4.35. The molecule has 10 rings (SSSR count). The summed E-state index contributed by atoms with van der Waals surface area (Å²) in [7, 11) is 1.61. The number of hydrogen-bond acceptors (Lipinski definition) is 6. The van der Waals surface area contributed by atoms with E-state index in [0.717, 1.165) is 46.8 Å². The van der Waals surface area contributed by atoms with E-state index in [4.69, 9.17) is 20.4 Å². The molecule has 0 aromatic carbocycles. The van der Waals surface area contributed by atoms with Crippen LogP contribution < -0.4 is 15.8 Å². The lowest BCUT2D eigenvalue weighted by atomic mass is 9.42. The first-order valence-electron chi connectivity index (χ1n) is 16.1. The summed E-state index contributed by atoms with van der Waals surface area (Å²) in [6.45, 7) is 6.06. The van der Waals surface area contributed by atoms with Crippen molar-refractivity contribution in [2.24, 2.45) is 23.0 Å². The van der Waals surface area contributed by atoms with Crippen LogP contribution in [0.25, 0.3) is 28.1 Å². The lowest BCUT2D eigenvalue weighted by Crippen LogP contribution is -2.70. The molecular formula is C34H38FN7O3. The number of aryl methyl sites for hydroxylation is 1. The third-order valence-electron chi connectivity index (χ3n) is 11.3. The number of carbonyl (C=O) groups excluding carboxylic acids is 2. The van der Waals surface area contributed by atoms with Gasteiger partial charge in [-0.3, -0.25) is 14.0 Å². The van der Waals surface area contributed by atoms with Crippen LogP contribution in [0.2, 0.25) is 0 Å². The molecule has 0 unspecified atom stereocenters. The molecule has 5 heterocycles. The third kappa shape index (κ3) is 4.01. The van der Waals surface area contributed by atoms with Crippen molar-refractivity contribution in [3.63, 3.8) is 0 Å². The number of likely N-dealkylation sites (tertiary alicyclic amines) is 1. The minimum absolute atomic E-state index is 0.0472. The van der Waals surface area contributed by atoms with Crippen LogP contribution in [0.15, 0.2) is 30.3 Å². The number of fused-ring (bicyclic) bond motifs is 3. The maximum absolute atomic E-state index is 14.1. The zero-order valence-corrected chi connectivity index (χ0v) is 25.9. The molecule has 0 radical (unpaired) electrons. The summed E-state index contributed by atoms with van der Waals surface area (Å²) in [5.41, 5.74) is 10.0. The lowest BCUT2D eigenvalue weighted by molar-refractivity contribution is -0.214. The standard InChI is InChI=1S/C34H38FN7O3/c1-18(37-31(44)32-14-33(35,15-32)16-32)24-7-6-21-8-25(41(29(21)38-24)12-20-4-5-20)28-19(2)42-26(39-28)9-22(10-27(42)45-3)30(43)40-13-23-11-34(23,36)17-40/h6-10,18,20,23H,4-5,11-17,36H2,1-3H3,(H,37,44)/t18-,23+,32?,33?,34+/m1/s1. The average molecular weight is 612 g/mol. The van der Waals surface area contributed by atoms with Crippen molar-refractivity contribution in [2.45, 2.75) is 76.2 Å². The average Bonchev–Trinajstić information content (AvgIpc) is 3.81.